The number of ketones is 1. The zero-order valence-electron chi connectivity index (χ0n) is 22.2. The summed E-state index contributed by atoms with van der Waals surface area (Å²) in [4.78, 5) is 37.6. The summed E-state index contributed by atoms with van der Waals surface area (Å²) in [5, 5.41) is 8.38. The highest BCUT2D eigenvalue weighted by Gasteiger charge is 2.45. The van der Waals surface area contributed by atoms with Crippen molar-refractivity contribution >= 4 is 40.8 Å². The molecular weight excluding hydrogens is 560 g/mol. The lowest BCUT2D eigenvalue weighted by Crippen LogP contribution is -2.45. The molecule has 3 aromatic carbocycles. The number of methoxy groups -OCH3 is 2. The van der Waals surface area contributed by atoms with E-state index in [2.05, 4.69) is 20.7 Å². The van der Waals surface area contributed by atoms with Gasteiger partial charge in [-0.2, -0.15) is 0 Å². The summed E-state index contributed by atoms with van der Waals surface area (Å²) in [5.74, 6) is -3.46. The van der Waals surface area contributed by atoms with Gasteiger partial charge in [-0.25, -0.2) is 18.4 Å². The Hall–Kier alpha value is -4.22. The number of halogens is 3. The van der Waals surface area contributed by atoms with Crippen LogP contribution in [0.1, 0.15) is 22.3 Å². The normalized spacial score (nSPS) is 16.4. The van der Waals surface area contributed by atoms with Gasteiger partial charge in [0.25, 0.3) is 5.92 Å². The summed E-state index contributed by atoms with van der Waals surface area (Å²) in [6.07, 6.45) is -1.97. The number of carbonyl (C=O) groups is 3. The fourth-order valence-corrected chi connectivity index (χ4v) is 4.54. The van der Waals surface area contributed by atoms with Crippen molar-refractivity contribution in [2.75, 3.05) is 31.4 Å². The Morgan fingerprint density at radius 3 is 2.37 bits per heavy atom. The second-order valence-corrected chi connectivity index (χ2v) is 9.75. The van der Waals surface area contributed by atoms with Crippen molar-refractivity contribution in [3.63, 3.8) is 0 Å². The van der Waals surface area contributed by atoms with Gasteiger partial charge in [-0.3, -0.25) is 4.79 Å². The van der Waals surface area contributed by atoms with E-state index in [0.717, 1.165) is 0 Å². The van der Waals surface area contributed by atoms with Crippen LogP contribution >= 0.6 is 11.6 Å². The molecule has 4 rings (SSSR count). The number of rotatable bonds is 10. The number of ether oxygens (including phenoxy) is 3. The van der Waals surface area contributed by atoms with Crippen LogP contribution in [0.2, 0.25) is 5.02 Å². The first-order valence-electron chi connectivity index (χ1n) is 12.6. The lowest BCUT2D eigenvalue weighted by atomic mass is 9.98. The Morgan fingerprint density at radius 1 is 1.02 bits per heavy atom. The van der Waals surface area contributed by atoms with Gasteiger partial charge in [0.05, 0.1) is 48.8 Å². The molecule has 0 spiro atoms. The van der Waals surface area contributed by atoms with Crippen LogP contribution in [0.25, 0.3) is 0 Å². The third kappa shape index (κ3) is 7.71. The molecule has 2 amide bonds. The molecule has 216 valence electrons. The van der Waals surface area contributed by atoms with Crippen LogP contribution in [-0.4, -0.2) is 56.6 Å². The van der Waals surface area contributed by atoms with E-state index in [1.165, 1.54) is 38.5 Å². The number of benzene rings is 3. The minimum absolute atomic E-state index is 0.156. The topological polar surface area (TPSA) is 115 Å². The van der Waals surface area contributed by atoms with Crippen LogP contribution < -0.4 is 25.4 Å². The van der Waals surface area contributed by atoms with Crippen molar-refractivity contribution in [2.45, 2.75) is 30.9 Å². The SMILES string of the molecule is COC(=O)c1ccc(OC(C(=O)Cc2ccc(NC(=O)Nc3ccccc3Cl)c(OC)c2)C2CC(F)(F)CN2)cc1. The molecule has 41 heavy (non-hydrogen) atoms. The Morgan fingerprint density at radius 2 is 1.73 bits per heavy atom. The summed E-state index contributed by atoms with van der Waals surface area (Å²) in [6, 6.07) is 15.9. The molecule has 1 fully saturated rings. The highest BCUT2D eigenvalue weighted by atomic mass is 35.5. The number of esters is 1. The number of nitrogens with one attached hydrogen (secondary N) is 3. The van der Waals surface area contributed by atoms with Gasteiger partial charge in [-0.15, -0.1) is 0 Å². The predicted octanol–water partition coefficient (Wildman–Crippen LogP) is 5.34. The van der Waals surface area contributed by atoms with Gasteiger partial charge >= 0.3 is 12.0 Å². The number of alkyl halides is 2. The Bertz CT molecular complexity index is 1420. The molecule has 0 bridgehead atoms. The number of carbonyl (C=O) groups excluding carboxylic acids is 3. The van der Waals surface area contributed by atoms with Crippen molar-refractivity contribution in [3.05, 3.63) is 82.9 Å². The standard InChI is InChI=1S/C29H28ClF2N3O6/c1-39-25-14-17(7-12-22(25)35-28(38)34-21-6-4-3-5-20(21)30)13-24(36)26(23-15-29(31,32)16-33-23)41-19-10-8-18(9-11-19)27(37)40-2/h3-12,14,23,26,33H,13,15-16H2,1-2H3,(H2,34,35,38). The molecule has 9 nitrogen and oxygen atoms in total. The smallest absolute Gasteiger partial charge is 0.337 e. The average Bonchev–Trinajstić information content (AvgIpc) is 3.32. The van der Waals surface area contributed by atoms with E-state index in [1.807, 2.05) is 0 Å². The Labute approximate surface area is 240 Å². The summed E-state index contributed by atoms with van der Waals surface area (Å²) in [5.41, 5.74) is 1.55. The van der Waals surface area contributed by atoms with Crippen molar-refractivity contribution in [3.8, 4) is 11.5 Å². The highest BCUT2D eigenvalue weighted by molar-refractivity contribution is 6.33. The molecule has 2 atom stereocenters. The van der Waals surface area contributed by atoms with Gasteiger partial charge in [0.2, 0.25) is 0 Å². The molecule has 3 N–H and O–H groups in total. The monoisotopic (exact) mass is 587 g/mol. The van der Waals surface area contributed by atoms with Crippen LogP contribution in [0.4, 0.5) is 25.0 Å². The molecule has 0 aromatic heterocycles. The van der Waals surface area contributed by atoms with Gasteiger partial charge in [0, 0.05) is 12.8 Å². The maximum atomic E-state index is 14.0. The Kier molecular flexibility index (Phi) is 9.41. The summed E-state index contributed by atoms with van der Waals surface area (Å²) in [6.45, 7) is -0.573. The highest BCUT2D eigenvalue weighted by Crippen LogP contribution is 2.31. The van der Waals surface area contributed by atoms with Crippen LogP contribution in [0.15, 0.2) is 66.7 Å². The van der Waals surface area contributed by atoms with Gasteiger partial charge in [-0.1, -0.05) is 29.8 Å². The first kappa shape index (κ1) is 29.8. The van der Waals surface area contributed by atoms with Crippen LogP contribution in [-0.2, 0) is 16.0 Å². The molecule has 12 heteroatoms. The number of para-hydroxylation sites is 1. The number of urea groups is 1. The summed E-state index contributed by atoms with van der Waals surface area (Å²) >= 11 is 6.09. The fraction of sp³-hybridized carbons (Fsp3) is 0.276. The second-order valence-electron chi connectivity index (χ2n) is 9.34. The first-order valence-corrected chi connectivity index (χ1v) is 12.9. The number of amides is 2. The van der Waals surface area contributed by atoms with E-state index >= 15 is 0 Å². The molecule has 1 aliphatic heterocycles. The van der Waals surface area contributed by atoms with E-state index in [-0.39, 0.29) is 23.5 Å². The fourth-order valence-electron chi connectivity index (χ4n) is 4.36. The maximum absolute atomic E-state index is 14.0. The molecule has 1 aliphatic rings. The molecule has 2 unspecified atom stereocenters. The van der Waals surface area contributed by atoms with Gasteiger partial charge < -0.3 is 30.2 Å². The molecule has 1 saturated heterocycles. The van der Waals surface area contributed by atoms with Crippen LogP contribution in [0, 0.1) is 0 Å². The molecule has 1 heterocycles. The summed E-state index contributed by atoms with van der Waals surface area (Å²) < 4.78 is 44.0. The maximum Gasteiger partial charge on any atom is 0.337 e. The molecule has 0 aliphatic carbocycles. The largest absolute Gasteiger partial charge is 0.495 e. The average molecular weight is 588 g/mol. The zero-order chi connectivity index (χ0) is 29.6. The minimum atomic E-state index is -2.98. The Balaban J connectivity index is 1.48. The van der Waals surface area contributed by atoms with E-state index in [0.29, 0.717) is 22.0 Å². The number of hydrogen-bond donors (Lipinski definition) is 3. The van der Waals surface area contributed by atoms with Gasteiger partial charge in [0.15, 0.2) is 11.9 Å². The molecule has 3 aromatic rings. The molecular formula is C29H28ClF2N3O6. The van der Waals surface area contributed by atoms with Crippen molar-refractivity contribution in [1.82, 2.24) is 5.32 Å². The number of anilines is 2. The first-order chi connectivity index (χ1) is 19.6. The quantitative estimate of drug-likeness (QED) is 0.274. The van der Waals surface area contributed by atoms with Crippen LogP contribution in [0.3, 0.4) is 0 Å². The van der Waals surface area contributed by atoms with Crippen molar-refractivity contribution in [1.29, 1.82) is 0 Å². The van der Waals surface area contributed by atoms with Crippen molar-refractivity contribution in [2.24, 2.45) is 0 Å². The second kappa shape index (κ2) is 13.0. The lowest BCUT2D eigenvalue weighted by Gasteiger charge is -2.24. The third-order valence-corrected chi connectivity index (χ3v) is 6.71. The minimum Gasteiger partial charge on any atom is -0.495 e. The van der Waals surface area contributed by atoms with Gasteiger partial charge in [-0.05, 0) is 54.1 Å². The predicted molar refractivity (Wildman–Crippen MR) is 149 cm³/mol. The van der Waals surface area contributed by atoms with Gasteiger partial charge in [0.1, 0.15) is 11.5 Å². The number of Topliss-reactive ketones (excluding diaryl/α,β-unsaturated/α-hetero) is 1. The van der Waals surface area contributed by atoms with E-state index in [1.54, 1.807) is 42.5 Å². The van der Waals surface area contributed by atoms with Crippen molar-refractivity contribution < 1.29 is 37.4 Å². The van der Waals surface area contributed by atoms with Crippen LogP contribution in [0.5, 0.6) is 11.5 Å². The molecule has 0 radical (unpaired) electrons. The number of hydrogen-bond acceptors (Lipinski definition) is 7. The van der Waals surface area contributed by atoms with E-state index in [9.17, 15) is 23.2 Å². The lowest BCUT2D eigenvalue weighted by molar-refractivity contribution is -0.126. The third-order valence-electron chi connectivity index (χ3n) is 6.38. The zero-order valence-corrected chi connectivity index (χ0v) is 23.0. The molecule has 0 saturated carbocycles. The summed E-state index contributed by atoms with van der Waals surface area (Å²) in [7, 11) is 2.66. The van der Waals surface area contributed by atoms with E-state index in [4.69, 9.17) is 21.1 Å². The van der Waals surface area contributed by atoms with E-state index < -0.39 is 48.8 Å².